The summed E-state index contributed by atoms with van der Waals surface area (Å²) in [6, 6.07) is 13.1. The number of hydrogen-bond acceptors (Lipinski definition) is 5. The van der Waals surface area contributed by atoms with Gasteiger partial charge in [0, 0.05) is 30.9 Å². The van der Waals surface area contributed by atoms with Crippen LogP contribution in [0.15, 0.2) is 55.0 Å². The number of nitrogens with one attached hydrogen (secondary N) is 1. The van der Waals surface area contributed by atoms with Crippen molar-refractivity contribution in [3.05, 3.63) is 71.8 Å². The molecule has 1 aromatic carbocycles. The Balaban J connectivity index is 1.38. The molecule has 4 rings (SSSR count). The highest BCUT2D eigenvalue weighted by atomic mass is 16.1. The number of nitriles is 1. The second-order valence-electron chi connectivity index (χ2n) is 6.43. The molecule has 0 saturated heterocycles. The van der Waals surface area contributed by atoms with Crippen LogP contribution in [0.3, 0.4) is 0 Å². The fraction of sp³-hybridized carbons (Fsp3) is 0.150. The highest BCUT2D eigenvalue weighted by molar-refractivity contribution is 5.92. The second kappa shape index (κ2) is 7.32. The van der Waals surface area contributed by atoms with Gasteiger partial charge in [0.15, 0.2) is 5.82 Å². The standard InChI is InChI=1S/C20H17N7O/c1-26-18-5-3-14(8-16(18)12-23-26)9-20(28)24-19-6-7-27(25-19)13-17-4-2-15(10-21)11-22-17/h2-8,11-12H,9,13H2,1H3,(H,24,25,28). The van der Waals surface area contributed by atoms with Crippen LogP contribution in [0.5, 0.6) is 0 Å². The van der Waals surface area contributed by atoms with Gasteiger partial charge in [0.2, 0.25) is 5.91 Å². The zero-order valence-corrected chi connectivity index (χ0v) is 15.2. The molecular formula is C20H17N7O. The number of aromatic nitrogens is 5. The normalized spacial score (nSPS) is 10.7. The van der Waals surface area contributed by atoms with E-state index in [1.165, 1.54) is 6.20 Å². The molecule has 0 spiro atoms. The van der Waals surface area contributed by atoms with Crippen molar-refractivity contribution in [1.82, 2.24) is 24.5 Å². The lowest BCUT2D eigenvalue weighted by molar-refractivity contribution is -0.115. The Bertz CT molecular complexity index is 1180. The first-order valence-electron chi connectivity index (χ1n) is 8.70. The number of aryl methyl sites for hydroxylation is 1. The summed E-state index contributed by atoms with van der Waals surface area (Å²) in [6.45, 7) is 0.458. The number of anilines is 1. The van der Waals surface area contributed by atoms with Crippen LogP contribution in [0.4, 0.5) is 5.82 Å². The van der Waals surface area contributed by atoms with Gasteiger partial charge in [-0.1, -0.05) is 6.07 Å². The summed E-state index contributed by atoms with van der Waals surface area (Å²) < 4.78 is 3.49. The van der Waals surface area contributed by atoms with Crippen LogP contribution in [-0.4, -0.2) is 30.5 Å². The molecule has 0 fully saturated rings. The summed E-state index contributed by atoms with van der Waals surface area (Å²) in [5.74, 6) is 0.353. The number of pyridine rings is 1. The van der Waals surface area contributed by atoms with Gasteiger partial charge in [-0.05, 0) is 29.8 Å². The van der Waals surface area contributed by atoms with Crippen molar-refractivity contribution in [2.45, 2.75) is 13.0 Å². The molecule has 138 valence electrons. The molecule has 0 aliphatic carbocycles. The van der Waals surface area contributed by atoms with Crippen LogP contribution in [0.1, 0.15) is 16.8 Å². The molecule has 1 amide bonds. The molecule has 0 unspecified atom stereocenters. The molecule has 3 aromatic heterocycles. The molecule has 0 atom stereocenters. The van der Waals surface area contributed by atoms with E-state index in [0.29, 0.717) is 17.9 Å². The molecule has 0 radical (unpaired) electrons. The lowest BCUT2D eigenvalue weighted by atomic mass is 10.1. The van der Waals surface area contributed by atoms with Crippen molar-refractivity contribution in [2.24, 2.45) is 7.05 Å². The van der Waals surface area contributed by atoms with E-state index < -0.39 is 0 Å². The number of hydrogen-bond donors (Lipinski definition) is 1. The lowest BCUT2D eigenvalue weighted by Gasteiger charge is -2.04. The summed E-state index contributed by atoms with van der Waals surface area (Å²) in [4.78, 5) is 16.6. The first-order valence-corrected chi connectivity index (χ1v) is 8.70. The number of carbonyl (C=O) groups is 1. The van der Waals surface area contributed by atoms with E-state index in [0.717, 1.165) is 22.2 Å². The summed E-state index contributed by atoms with van der Waals surface area (Å²) in [7, 11) is 1.89. The minimum Gasteiger partial charge on any atom is -0.309 e. The molecule has 3 heterocycles. The van der Waals surface area contributed by atoms with Gasteiger partial charge in [0.25, 0.3) is 0 Å². The third kappa shape index (κ3) is 3.73. The first-order chi connectivity index (χ1) is 13.6. The van der Waals surface area contributed by atoms with Gasteiger partial charge >= 0.3 is 0 Å². The van der Waals surface area contributed by atoms with E-state index >= 15 is 0 Å². The third-order valence-corrected chi connectivity index (χ3v) is 4.36. The van der Waals surface area contributed by atoms with E-state index in [2.05, 4.69) is 20.5 Å². The van der Waals surface area contributed by atoms with E-state index in [1.807, 2.05) is 31.3 Å². The Labute approximate surface area is 161 Å². The van der Waals surface area contributed by atoms with Crippen molar-refractivity contribution in [1.29, 1.82) is 5.26 Å². The van der Waals surface area contributed by atoms with E-state index in [-0.39, 0.29) is 12.3 Å². The average Bonchev–Trinajstić information content (AvgIpc) is 3.28. The molecule has 0 bridgehead atoms. The van der Waals surface area contributed by atoms with Gasteiger partial charge in [-0.2, -0.15) is 15.5 Å². The maximum absolute atomic E-state index is 12.3. The fourth-order valence-corrected chi connectivity index (χ4v) is 2.96. The summed E-state index contributed by atoms with van der Waals surface area (Å²) in [6.07, 6.45) is 5.35. The van der Waals surface area contributed by atoms with Gasteiger partial charge in [0.05, 0.1) is 35.9 Å². The number of carbonyl (C=O) groups excluding carboxylic acids is 1. The molecule has 28 heavy (non-hydrogen) atoms. The minimum absolute atomic E-state index is 0.134. The largest absolute Gasteiger partial charge is 0.309 e. The van der Waals surface area contributed by atoms with Crippen molar-refractivity contribution >= 4 is 22.6 Å². The predicted octanol–water partition coefficient (Wildman–Crippen LogP) is 2.27. The van der Waals surface area contributed by atoms with Crippen LogP contribution < -0.4 is 5.32 Å². The van der Waals surface area contributed by atoms with E-state index in [4.69, 9.17) is 5.26 Å². The summed E-state index contributed by atoms with van der Waals surface area (Å²) in [5.41, 5.74) is 3.24. The molecule has 1 N–H and O–H groups in total. The number of nitrogens with zero attached hydrogens (tertiary/aromatic N) is 6. The fourth-order valence-electron chi connectivity index (χ4n) is 2.96. The SMILES string of the molecule is Cn1ncc2cc(CC(=O)Nc3ccn(Cc4ccc(C#N)cn4)n3)ccc21. The molecule has 4 aromatic rings. The van der Waals surface area contributed by atoms with Crippen LogP contribution in [0.25, 0.3) is 10.9 Å². The lowest BCUT2D eigenvalue weighted by Crippen LogP contribution is -2.15. The maximum Gasteiger partial charge on any atom is 0.229 e. The Hall–Kier alpha value is -3.99. The zero-order chi connectivity index (χ0) is 19.5. The Morgan fingerprint density at radius 3 is 2.89 bits per heavy atom. The van der Waals surface area contributed by atoms with Crippen molar-refractivity contribution in [3.63, 3.8) is 0 Å². The maximum atomic E-state index is 12.3. The van der Waals surface area contributed by atoms with Gasteiger partial charge < -0.3 is 5.32 Å². The second-order valence-corrected chi connectivity index (χ2v) is 6.43. The average molecular weight is 371 g/mol. The van der Waals surface area contributed by atoms with Crippen LogP contribution in [-0.2, 0) is 24.8 Å². The van der Waals surface area contributed by atoms with Crippen LogP contribution in [0.2, 0.25) is 0 Å². The van der Waals surface area contributed by atoms with Gasteiger partial charge in [0.1, 0.15) is 6.07 Å². The minimum atomic E-state index is -0.134. The summed E-state index contributed by atoms with van der Waals surface area (Å²) in [5, 5.41) is 21.2. The Kier molecular flexibility index (Phi) is 4.56. The van der Waals surface area contributed by atoms with Crippen LogP contribution >= 0.6 is 0 Å². The van der Waals surface area contributed by atoms with Crippen molar-refractivity contribution in [2.75, 3.05) is 5.32 Å². The molecular weight excluding hydrogens is 354 g/mol. The number of rotatable bonds is 5. The summed E-state index contributed by atoms with van der Waals surface area (Å²) >= 11 is 0. The first kappa shape index (κ1) is 17.4. The molecule has 8 heteroatoms. The quantitative estimate of drug-likeness (QED) is 0.580. The molecule has 0 aliphatic rings. The van der Waals surface area contributed by atoms with E-state index in [9.17, 15) is 4.79 Å². The molecule has 8 nitrogen and oxygen atoms in total. The number of benzene rings is 1. The molecule has 0 saturated carbocycles. The molecule has 0 aliphatic heterocycles. The Morgan fingerprint density at radius 1 is 1.21 bits per heavy atom. The number of amides is 1. The third-order valence-electron chi connectivity index (χ3n) is 4.36. The monoisotopic (exact) mass is 371 g/mol. The highest BCUT2D eigenvalue weighted by Gasteiger charge is 2.09. The zero-order valence-electron chi connectivity index (χ0n) is 15.2. The Morgan fingerprint density at radius 2 is 2.11 bits per heavy atom. The van der Waals surface area contributed by atoms with Crippen LogP contribution in [0, 0.1) is 11.3 Å². The topological polar surface area (TPSA) is 101 Å². The highest BCUT2D eigenvalue weighted by Crippen LogP contribution is 2.16. The van der Waals surface area contributed by atoms with Gasteiger partial charge in [-0.25, -0.2) is 0 Å². The van der Waals surface area contributed by atoms with Gasteiger partial charge in [-0.15, -0.1) is 0 Å². The van der Waals surface area contributed by atoms with Crippen molar-refractivity contribution in [3.8, 4) is 6.07 Å². The van der Waals surface area contributed by atoms with Gasteiger partial charge in [-0.3, -0.25) is 19.1 Å². The smallest absolute Gasteiger partial charge is 0.229 e. The van der Waals surface area contributed by atoms with Crippen molar-refractivity contribution < 1.29 is 4.79 Å². The number of fused-ring (bicyclic) bond motifs is 1. The predicted molar refractivity (Wildman–Crippen MR) is 103 cm³/mol. The van der Waals surface area contributed by atoms with E-state index in [1.54, 1.807) is 40.0 Å².